The van der Waals surface area contributed by atoms with Gasteiger partial charge in [-0.05, 0) is 12.1 Å². The van der Waals surface area contributed by atoms with Gasteiger partial charge in [-0.25, -0.2) is 9.36 Å². The summed E-state index contributed by atoms with van der Waals surface area (Å²) < 4.78 is 6.63. The van der Waals surface area contributed by atoms with Crippen LogP contribution in [-0.4, -0.2) is 40.8 Å². The summed E-state index contributed by atoms with van der Waals surface area (Å²) in [7, 11) is 0. The maximum absolute atomic E-state index is 12.1. The Hall–Kier alpha value is -2.38. The highest BCUT2D eigenvalue weighted by Gasteiger charge is 2.18. The van der Waals surface area contributed by atoms with Crippen LogP contribution in [-0.2, 0) is 11.3 Å². The van der Waals surface area contributed by atoms with Crippen molar-refractivity contribution in [2.24, 2.45) is 0 Å². The van der Waals surface area contributed by atoms with Gasteiger partial charge in [0.2, 0.25) is 0 Å². The Morgan fingerprint density at radius 2 is 1.82 bits per heavy atom. The number of anilines is 1. The van der Waals surface area contributed by atoms with Crippen molar-refractivity contribution in [2.75, 3.05) is 32.0 Å². The van der Waals surface area contributed by atoms with Gasteiger partial charge in [-0.2, -0.15) is 0 Å². The lowest BCUT2D eigenvalue weighted by Crippen LogP contribution is -2.40. The Kier molecular flexibility index (Phi) is 4.08. The molecule has 3 N–H and O–H groups in total. The number of nitrogens with zero attached hydrogens (tertiary/aromatic N) is 2. The van der Waals surface area contributed by atoms with E-state index in [1.807, 2.05) is 18.2 Å². The standard InChI is InChI=1S/C15H18N4O3/c16-13-12(10-18-6-8-22-9-7-18)14(20)17-15(21)19(13)11-4-2-1-3-5-11/h1-5H,6-10,16H2,(H,17,20,21). The molecule has 3 rings (SSSR count). The summed E-state index contributed by atoms with van der Waals surface area (Å²) in [5, 5.41) is 0. The fraction of sp³-hybridized carbons (Fsp3) is 0.333. The number of rotatable bonds is 3. The molecule has 0 amide bonds. The number of H-pyrrole nitrogens is 1. The third kappa shape index (κ3) is 2.81. The minimum atomic E-state index is -0.528. The monoisotopic (exact) mass is 302 g/mol. The average Bonchev–Trinajstić information content (AvgIpc) is 2.53. The summed E-state index contributed by atoms with van der Waals surface area (Å²) >= 11 is 0. The van der Waals surface area contributed by atoms with Crippen molar-refractivity contribution < 1.29 is 4.74 Å². The minimum Gasteiger partial charge on any atom is -0.384 e. The Labute approximate surface area is 126 Å². The molecule has 1 aromatic heterocycles. The first-order valence-corrected chi connectivity index (χ1v) is 7.16. The van der Waals surface area contributed by atoms with E-state index in [2.05, 4.69) is 9.88 Å². The van der Waals surface area contributed by atoms with E-state index in [0.29, 0.717) is 31.0 Å². The number of hydrogen-bond acceptors (Lipinski definition) is 5. The van der Waals surface area contributed by atoms with Gasteiger partial charge in [0, 0.05) is 19.6 Å². The van der Waals surface area contributed by atoms with Crippen molar-refractivity contribution in [3.63, 3.8) is 0 Å². The topological polar surface area (TPSA) is 93.3 Å². The zero-order valence-electron chi connectivity index (χ0n) is 12.1. The molecule has 116 valence electrons. The normalized spacial score (nSPS) is 15.8. The number of ether oxygens (including phenoxy) is 1. The van der Waals surface area contributed by atoms with Crippen LogP contribution in [0, 0.1) is 0 Å². The molecule has 0 saturated carbocycles. The number of nitrogens with two attached hydrogens (primary N) is 1. The van der Waals surface area contributed by atoms with E-state index in [4.69, 9.17) is 10.5 Å². The predicted molar refractivity (Wildman–Crippen MR) is 83.2 cm³/mol. The first-order chi connectivity index (χ1) is 10.7. The smallest absolute Gasteiger partial charge is 0.334 e. The van der Waals surface area contributed by atoms with E-state index in [-0.39, 0.29) is 5.82 Å². The van der Waals surface area contributed by atoms with Crippen molar-refractivity contribution in [1.82, 2.24) is 14.5 Å². The molecule has 0 unspecified atom stereocenters. The Bertz CT molecular complexity index is 761. The zero-order chi connectivity index (χ0) is 15.5. The van der Waals surface area contributed by atoms with Gasteiger partial charge >= 0.3 is 5.69 Å². The molecule has 7 heteroatoms. The maximum atomic E-state index is 12.1. The number of morpholine rings is 1. The third-order valence-corrected chi connectivity index (χ3v) is 3.75. The lowest BCUT2D eigenvalue weighted by molar-refractivity contribution is 0.0340. The van der Waals surface area contributed by atoms with Gasteiger partial charge in [-0.1, -0.05) is 18.2 Å². The van der Waals surface area contributed by atoms with E-state index in [1.54, 1.807) is 12.1 Å². The van der Waals surface area contributed by atoms with Crippen LogP contribution < -0.4 is 17.0 Å². The number of para-hydroxylation sites is 1. The number of benzene rings is 1. The van der Waals surface area contributed by atoms with Crippen LogP contribution in [0.3, 0.4) is 0 Å². The van der Waals surface area contributed by atoms with E-state index in [1.165, 1.54) is 4.57 Å². The lowest BCUT2D eigenvalue weighted by atomic mass is 10.2. The van der Waals surface area contributed by atoms with Crippen LogP contribution in [0.5, 0.6) is 0 Å². The third-order valence-electron chi connectivity index (χ3n) is 3.75. The molecule has 0 atom stereocenters. The number of hydrogen-bond donors (Lipinski definition) is 2. The second-order valence-electron chi connectivity index (χ2n) is 5.18. The summed E-state index contributed by atoms with van der Waals surface area (Å²) in [6, 6.07) is 9.02. The quantitative estimate of drug-likeness (QED) is 0.828. The minimum absolute atomic E-state index is 0.187. The molecule has 1 saturated heterocycles. The molecule has 1 aliphatic heterocycles. The van der Waals surface area contributed by atoms with Crippen LogP contribution in [0.25, 0.3) is 5.69 Å². The Morgan fingerprint density at radius 3 is 2.50 bits per heavy atom. The second kappa shape index (κ2) is 6.17. The van der Waals surface area contributed by atoms with Gasteiger partial charge < -0.3 is 10.5 Å². The van der Waals surface area contributed by atoms with Crippen molar-refractivity contribution in [1.29, 1.82) is 0 Å². The molecule has 7 nitrogen and oxygen atoms in total. The van der Waals surface area contributed by atoms with Gasteiger partial charge in [0.15, 0.2) is 0 Å². The highest BCUT2D eigenvalue weighted by atomic mass is 16.5. The molecule has 2 heterocycles. The number of nitrogens with one attached hydrogen (secondary N) is 1. The molecular weight excluding hydrogens is 284 g/mol. The van der Waals surface area contributed by atoms with Crippen LogP contribution >= 0.6 is 0 Å². The summed E-state index contributed by atoms with van der Waals surface area (Å²) in [5.41, 5.74) is 6.20. The Morgan fingerprint density at radius 1 is 1.14 bits per heavy atom. The fourth-order valence-electron chi connectivity index (χ4n) is 2.56. The summed E-state index contributed by atoms with van der Waals surface area (Å²) in [6.07, 6.45) is 0. The van der Waals surface area contributed by atoms with Gasteiger partial charge in [-0.15, -0.1) is 0 Å². The molecule has 0 aliphatic carbocycles. The maximum Gasteiger partial charge on any atom is 0.334 e. The number of aromatic amines is 1. The molecular formula is C15H18N4O3. The molecule has 1 fully saturated rings. The van der Waals surface area contributed by atoms with Crippen LogP contribution in [0.2, 0.25) is 0 Å². The van der Waals surface area contributed by atoms with Gasteiger partial charge in [0.25, 0.3) is 5.56 Å². The lowest BCUT2D eigenvalue weighted by Gasteiger charge is -2.26. The van der Waals surface area contributed by atoms with Crippen molar-refractivity contribution in [3.8, 4) is 5.69 Å². The van der Waals surface area contributed by atoms with E-state index in [0.717, 1.165) is 13.1 Å². The van der Waals surface area contributed by atoms with E-state index in [9.17, 15) is 9.59 Å². The number of nitrogen functional groups attached to an aromatic ring is 1. The largest absolute Gasteiger partial charge is 0.384 e. The van der Waals surface area contributed by atoms with Crippen LogP contribution in [0.4, 0.5) is 5.82 Å². The van der Waals surface area contributed by atoms with Gasteiger partial charge in [0.1, 0.15) is 5.82 Å². The average molecular weight is 302 g/mol. The zero-order valence-corrected chi connectivity index (χ0v) is 12.1. The van der Waals surface area contributed by atoms with Crippen LogP contribution in [0.15, 0.2) is 39.9 Å². The molecule has 1 aliphatic rings. The predicted octanol–water partition coefficient (Wildman–Crippen LogP) is -0.0598. The molecule has 2 aromatic rings. The molecule has 1 aromatic carbocycles. The van der Waals surface area contributed by atoms with Gasteiger partial charge in [-0.3, -0.25) is 14.7 Å². The molecule has 0 bridgehead atoms. The van der Waals surface area contributed by atoms with Crippen LogP contribution in [0.1, 0.15) is 5.56 Å². The first-order valence-electron chi connectivity index (χ1n) is 7.16. The summed E-state index contributed by atoms with van der Waals surface area (Å²) in [5.74, 6) is 0.187. The van der Waals surface area contributed by atoms with E-state index >= 15 is 0 Å². The summed E-state index contributed by atoms with van der Waals surface area (Å²) in [4.78, 5) is 28.6. The number of aromatic nitrogens is 2. The Balaban J connectivity index is 2.03. The summed E-state index contributed by atoms with van der Waals surface area (Å²) in [6.45, 7) is 3.15. The fourth-order valence-corrected chi connectivity index (χ4v) is 2.56. The molecule has 0 radical (unpaired) electrons. The van der Waals surface area contributed by atoms with E-state index < -0.39 is 11.2 Å². The first kappa shape index (κ1) is 14.6. The van der Waals surface area contributed by atoms with Gasteiger partial charge in [0.05, 0.1) is 24.5 Å². The van der Waals surface area contributed by atoms with Crippen molar-refractivity contribution >= 4 is 5.82 Å². The van der Waals surface area contributed by atoms with Crippen molar-refractivity contribution in [2.45, 2.75) is 6.54 Å². The molecule has 22 heavy (non-hydrogen) atoms. The van der Waals surface area contributed by atoms with Crippen molar-refractivity contribution in [3.05, 3.63) is 56.7 Å². The second-order valence-corrected chi connectivity index (χ2v) is 5.18. The SMILES string of the molecule is Nc1c(CN2CCOCC2)c(=O)[nH]c(=O)n1-c1ccccc1. The highest BCUT2D eigenvalue weighted by Crippen LogP contribution is 2.14. The highest BCUT2D eigenvalue weighted by molar-refractivity contribution is 5.46. The molecule has 0 spiro atoms.